The summed E-state index contributed by atoms with van der Waals surface area (Å²) >= 11 is 0. The van der Waals surface area contributed by atoms with Crippen LogP contribution in [0.25, 0.3) is 11.3 Å². The van der Waals surface area contributed by atoms with Crippen molar-refractivity contribution >= 4 is 0 Å². The van der Waals surface area contributed by atoms with E-state index in [2.05, 4.69) is 9.55 Å². The summed E-state index contributed by atoms with van der Waals surface area (Å²) < 4.78 is 15.5. The summed E-state index contributed by atoms with van der Waals surface area (Å²) in [4.78, 5) is 4.64. The molecule has 0 unspecified atom stereocenters. The summed E-state index contributed by atoms with van der Waals surface area (Å²) in [5.41, 5.74) is 3.13. The van der Waals surface area contributed by atoms with Crippen LogP contribution in [-0.2, 0) is 19.6 Å². The monoisotopic (exact) mass is 260 g/mol. The maximum atomic E-state index is 13.3. The fourth-order valence-electron chi connectivity index (χ4n) is 2.73. The van der Waals surface area contributed by atoms with Gasteiger partial charge in [0.15, 0.2) is 0 Å². The number of aliphatic hydroxyl groups excluding tert-OH is 1. The number of fused-ring (bicyclic) bond motifs is 1. The Balaban J connectivity index is 2.13. The number of aliphatic hydroxyl groups is 1. The zero-order chi connectivity index (χ0) is 13.4. The first-order chi connectivity index (χ1) is 9.20. The smallest absolute Gasteiger partial charge is 0.126 e. The van der Waals surface area contributed by atoms with Crippen molar-refractivity contribution in [2.75, 3.05) is 0 Å². The molecule has 0 atom stereocenters. The molecule has 2 heterocycles. The molecule has 100 valence electrons. The van der Waals surface area contributed by atoms with Crippen molar-refractivity contribution in [1.29, 1.82) is 0 Å². The van der Waals surface area contributed by atoms with Crippen LogP contribution in [0.2, 0.25) is 0 Å². The van der Waals surface area contributed by atoms with E-state index in [9.17, 15) is 9.50 Å². The van der Waals surface area contributed by atoms with Gasteiger partial charge in [0.25, 0.3) is 0 Å². The quantitative estimate of drug-likeness (QED) is 0.901. The lowest BCUT2D eigenvalue weighted by Gasteiger charge is -2.15. The highest BCUT2D eigenvalue weighted by Gasteiger charge is 2.20. The Kier molecular flexibility index (Phi) is 3.11. The van der Waals surface area contributed by atoms with Crippen molar-refractivity contribution < 1.29 is 9.50 Å². The molecule has 0 aliphatic carbocycles. The number of hydrogen-bond acceptors (Lipinski definition) is 2. The predicted octanol–water partition coefficient (Wildman–Crippen LogP) is 2.83. The van der Waals surface area contributed by atoms with Crippen molar-refractivity contribution in [3.05, 3.63) is 41.1 Å². The van der Waals surface area contributed by atoms with Gasteiger partial charge in [-0.1, -0.05) is 0 Å². The van der Waals surface area contributed by atoms with E-state index in [0.29, 0.717) is 5.56 Å². The zero-order valence-electron chi connectivity index (χ0n) is 11.0. The van der Waals surface area contributed by atoms with Crippen LogP contribution in [0.1, 0.15) is 29.9 Å². The van der Waals surface area contributed by atoms with Crippen molar-refractivity contribution in [2.45, 2.75) is 39.3 Å². The third kappa shape index (κ3) is 2.06. The van der Waals surface area contributed by atoms with Crippen LogP contribution in [0.15, 0.2) is 18.2 Å². The van der Waals surface area contributed by atoms with E-state index in [-0.39, 0.29) is 12.4 Å². The van der Waals surface area contributed by atoms with E-state index in [0.717, 1.165) is 48.6 Å². The van der Waals surface area contributed by atoms with E-state index in [4.69, 9.17) is 0 Å². The van der Waals surface area contributed by atoms with E-state index in [1.165, 1.54) is 6.07 Å². The number of aryl methyl sites for hydroxylation is 2. The van der Waals surface area contributed by atoms with Crippen molar-refractivity contribution in [3.8, 4) is 11.3 Å². The van der Waals surface area contributed by atoms with Gasteiger partial charge in [-0.3, -0.25) is 0 Å². The Labute approximate surface area is 111 Å². The maximum absolute atomic E-state index is 13.3. The molecule has 4 heteroatoms. The van der Waals surface area contributed by atoms with Crippen LogP contribution in [0.3, 0.4) is 0 Å². The molecule has 0 bridgehead atoms. The van der Waals surface area contributed by atoms with Crippen molar-refractivity contribution in [1.82, 2.24) is 9.55 Å². The molecule has 1 N–H and O–H groups in total. The number of hydrogen-bond donors (Lipinski definition) is 1. The van der Waals surface area contributed by atoms with Crippen LogP contribution in [0.4, 0.5) is 4.39 Å². The van der Waals surface area contributed by atoms with Gasteiger partial charge in [0.2, 0.25) is 0 Å². The van der Waals surface area contributed by atoms with E-state index < -0.39 is 0 Å². The second kappa shape index (κ2) is 4.78. The average Bonchev–Trinajstić information content (AvgIpc) is 2.80. The molecule has 0 amide bonds. The van der Waals surface area contributed by atoms with Crippen LogP contribution in [0.5, 0.6) is 0 Å². The summed E-state index contributed by atoms with van der Waals surface area (Å²) in [5.74, 6) is 0.825. The highest BCUT2D eigenvalue weighted by atomic mass is 19.1. The highest BCUT2D eigenvalue weighted by molar-refractivity contribution is 5.63. The molecule has 0 spiro atoms. The van der Waals surface area contributed by atoms with Gasteiger partial charge in [0.05, 0.1) is 18.0 Å². The molecule has 0 radical (unpaired) electrons. The summed E-state index contributed by atoms with van der Waals surface area (Å²) in [6.45, 7) is 2.63. The van der Waals surface area contributed by atoms with Gasteiger partial charge in [-0.05, 0) is 43.5 Å². The van der Waals surface area contributed by atoms with Crippen molar-refractivity contribution in [2.24, 2.45) is 0 Å². The Morgan fingerprint density at radius 1 is 1.37 bits per heavy atom. The molecule has 0 saturated heterocycles. The van der Waals surface area contributed by atoms with Gasteiger partial charge in [-0.2, -0.15) is 0 Å². The number of nitrogens with zero attached hydrogens (tertiary/aromatic N) is 2. The lowest BCUT2D eigenvalue weighted by Crippen LogP contribution is -2.12. The average molecular weight is 260 g/mol. The second-order valence-electron chi connectivity index (χ2n) is 5.05. The lowest BCUT2D eigenvalue weighted by molar-refractivity contribution is 0.268. The maximum Gasteiger partial charge on any atom is 0.126 e. The molecule has 19 heavy (non-hydrogen) atoms. The number of benzene rings is 1. The first-order valence-electron chi connectivity index (χ1n) is 6.66. The minimum absolute atomic E-state index is 0.0290. The Hall–Kier alpha value is -1.68. The van der Waals surface area contributed by atoms with Gasteiger partial charge in [-0.15, -0.1) is 0 Å². The number of imidazole rings is 1. The van der Waals surface area contributed by atoms with Crippen LogP contribution >= 0.6 is 0 Å². The molecule has 1 aromatic heterocycles. The van der Waals surface area contributed by atoms with Gasteiger partial charge in [-0.25, -0.2) is 9.37 Å². The molecular weight excluding hydrogens is 243 g/mol. The second-order valence-corrected chi connectivity index (χ2v) is 5.05. The summed E-state index contributed by atoms with van der Waals surface area (Å²) in [6.07, 6.45) is 3.22. The standard InChI is InChI=1S/C15H17FN2O/c1-10-8-11(5-6-12(10)16)15-13(9-19)18-7-3-2-4-14(18)17-15/h5-6,8,19H,2-4,7,9H2,1H3. The summed E-state index contributed by atoms with van der Waals surface area (Å²) in [5, 5.41) is 9.61. The Morgan fingerprint density at radius 2 is 2.21 bits per heavy atom. The summed E-state index contributed by atoms with van der Waals surface area (Å²) in [7, 11) is 0. The van der Waals surface area contributed by atoms with E-state index >= 15 is 0 Å². The molecule has 2 aromatic rings. The molecule has 1 aliphatic heterocycles. The van der Waals surface area contributed by atoms with Crippen molar-refractivity contribution in [3.63, 3.8) is 0 Å². The topological polar surface area (TPSA) is 38.0 Å². The first kappa shape index (κ1) is 12.4. The van der Waals surface area contributed by atoms with Crippen LogP contribution in [-0.4, -0.2) is 14.7 Å². The number of aromatic nitrogens is 2. The highest BCUT2D eigenvalue weighted by Crippen LogP contribution is 2.28. The normalized spacial score (nSPS) is 14.5. The SMILES string of the molecule is Cc1cc(-c2nc3n(c2CO)CCCC3)ccc1F. The van der Waals surface area contributed by atoms with Gasteiger partial charge in [0.1, 0.15) is 11.6 Å². The Bertz CT molecular complexity index is 619. The predicted molar refractivity (Wildman–Crippen MR) is 71.2 cm³/mol. The minimum Gasteiger partial charge on any atom is -0.390 e. The zero-order valence-corrected chi connectivity index (χ0v) is 11.0. The fraction of sp³-hybridized carbons (Fsp3) is 0.400. The molecule has 1 aliphatic rings. The molecule has 0 saturated carbocycles. The molecule has 1 aromatic carbocycles. The van der Waals surface area contributed by atoms with Crippen LogP contribution < -0.4 is 0 Å². The lowest BCUT2D eigenvalue weighted by atomic mass is 10.1. The molecule has 0 fully saturated rings. The minimum atomic E-state index is -0.210. The van der Waals surface area contributed by atoms with Gasteiger partial charge < -0.3 is 9.67 Å². The number of rotatable bonds is 2. The number of halogens is 1. The van der Waals surface area contributed by atoms with Crippen LogP contribution in [0, 0.1) is 12.7 Å². The largest absolute Gasteiger partial charge is 0.390 e. The molecule has 3 rings (SSSR count). The third-order valence-corrected chi connectivity index (χ3v) is 3.76. The van der Waals surface area contributed by atoms with E-state index in [1.54, 1.807) is 19.1 Å². The van der Waals surface area contributed by atoms with Gasteiger partial charge >= 0.3 is 0 Å². The molecule has 3 nitrogen and oxygen atoms in total. The Morgan fingerprint density at radius 3 is 2.95 bits per heavy atom. The van der Waals surface area contributed by atoms with Gasteiger partial charge in [0, 0.05) is 18.5 Å². The fourth-order valence-corrected chi connectivity index (χ4v) is 2.73. The first-order valence-corrected chi connectivity index (χ1v) is 6.66. The third-order valence-electron chi connectivity index (χ3n) is 3.76. The summed E-state index contributed by atoms with van der Waals surface area (Å²) in [6, 6.07) is 4.99. The molecular formula is C15H17FN2O. The van der Waals surface area contributed by atoms with E-state index in [1.807, 2.05) is 0 Å².